The van der Waals surface area contributed by atoms with Crippen LogP contribution in [0.2, 0.25) is 5.02 Å². The van der Waals surface area contributed by atoms with Crippen molar-refractivity contribution in [2.24, 2.45) is 0 Å². The Bertz CT molecular complexity index is 994. The van der Waals surface area contributed by atoms with Crippen LogP contribution in [0.15, 0.2) is 51.8 Å². The van der Waals surface area contributed by atoms with Gasteiger partial charge in [-0.15, -0.1) is 0 Å². The van der Waals surface area contributed by atoms with Crippen molar-refractivity contribution in [2.45, 2.75) is 6.54 Å². The molecule has 0 atom stereocenters. The number of carboxylic acid groups (broad SMARTS) is 1. The first-order valence-electron chi connectivity index (χ1n) is 7.98. The molecule has 6 nitrogen and oxygen atoms in total. The van der Waals surface area contributed by atoms with Gasteiger partial charge >= 0.3 is 5.97 Å². The van der Waals surface area contributed by atoms with Crippen LogP contribution in [0.25, 0.3) is 6.08 Å². The van der Waals surface area contributed by atoms with Gasteiger partial charge in [0.05, 0.1) is 11.4 Å². The normalized spacial score (nSPS) is 15.4. The molecule has 0 aromatic heterocycles. The lowest BCUT2D eigenvalue weighted by molar-refractivity contribution is -0.139. The van der Waals surface area contributed by atoms with Crippen molar-refractivity contribution in [1.82, 2.24) is 4.90 Å². The summed E-state index contributed by atoms with van der Waals surface area (Å²) in [6.07, 6.45) is 1.51. The van der Waals surface area contributed by atoms with Gasteiger partial charge in [-0.1, -0.05) is 45.7 Å². The van der Waals surface area contributed by atoms with E-state index >= 15 is 0 Å². The topological polar surface area (TPSA) is 83.9 Å². The fourth-order valence-electron chi connectivity index (χ4n) is 2.48. The zero-order valence-electron chi connectivity index (χ0n) is 14.2. The Morgan fingerprint density at radius 3 is 2.71 bits per heavy atom. The molecule has 1 fully saturated rings. The third-order valence-electron chi connectivity index (χ3n) is 3.77. The number of thioether (sulfide) groups is 1. The smallest absolute Gasteiger partial charge is 0.341 e. The second-order valence-corrected chi connectivity index (χ2v) is 8.04. The van der Waals surface area contributed by atoms with E-state index in [0.29, 0.717) is 21.9 Å². The Morgan fingerprint density at radius 2 is 2.00 bits per heavy atom. The van der Waals surface area contributed by atoms with Crippen LogP contribution in [-0.2, 0) is 16.1 Å². The summed E-state index contributed by atoms with van der Waals surface area (Å²) in [6.45, 7) is -0.445. The number of hydrogen-bond acceptors (Lipinski definition) is 5. The molecular weight excluding hydrogens is 470 g/mol. The highest BCUT2D eigenvalue weighted by Crippen LogP contribution is 2.36. The van der Waals surface area contributed by atoms with Crippen molar-refractivity contribution < 1.29 is 24.2 Å². The number of ether oxygens (including phenoxy) is 1. The van der Waals surface area contributed by atoms with Crippen LogP contribution in [0.1, 0.15) is 11.1 Å². The van der Waals surface area contributed by atoms with Gasteiger partial charge in [-0.25, -0.2) is 4.79 Å². The Balaban J connectivity index is 1.86. The molecule has 1 aliphatic heterocycles. The molecule has 2 aromatic carbocycles. The molecule has 1 saturated heterocycles. The second kappa shape index (κ2) is 8.81. The maximum Gasteiger partial charge on any atom is 0.341 e. The number of rotatable bonds is 6. The zero-order valence-corrected chi connectivity index (χ0v) is 17.4. The van der Waals surface area contributed by atoms with Gasteiger partial charge in [-0.05, 0) is 47.7 Å². The van der Waals surface area contributed by atoms with Gasteiger partial charge in [-0.3, -0.25) is 14.5 Å². The van der Waals surface area contributed by atoms with E-state index in [1.165, 1.54) is 6.08 Å². The molecule has 144 valence electrons. The van der Waals surface area contributed by atoms with Crippen molar-refractivity contribution in [3.05, 3.63) is 68.0 Å². The largest absolute Gasteiger partial charge is 0.481 e. The number of carbonyl (C=O) groups is 3. The third-order valence-corrected chi connectivity index (χ3v) is 5.54. The van der Waals surface area contributed by atoms with Crippen molar-refractivity contribution in [1.29, 1.82) is 0 Å². The van der Waals surface area contributed by atoms with Gasteiger partial charge < -0.3 is 9.84 Å². The average molecular weight is 483 g/mol. The lowest BCUT2D eigenvalue weighted by Crippen LogP contribution is -2.27. The number of aliphatic carboxylic acids is 1. The fourth-order valence-corrected chi connectivity index (χ4v) is 3.88. The lowest BCUT2D eigenvalue weighted by Gasteiger charge is -2.13. The summed E-state index contributed by atoms with van der Waals surface area (Å²) in [4.78, 5) is 37.2. The highest BCUT2D eigenvalue weighted by Gasteiger charge is 2.35. The van der Waals surface area contributed by atoms with E-state index in [1.807, 2.05) is 0 Å². The number of imide groups is 1. The Morgan fingerprint density at radius 1 is 1.25 bits per heavy atom. The van der Waals surface area contributed by atoms with E-state index in [1.54, 1.807) is 42.5 Å². The van der Waals surface area contributed by atoms with Crippen LogP contribution in [0.4, 0.5) is 4.79 Å². The lowest BCUT2D eigenvalue weighted by atomic mass is 10.1. The number of carbonyl (C=O) groups excluding carboxylic acids is 2. The Hall–Kier alpha value is -2.29. The molecule has 1 heterocycles. The summed E-state index contributed by atoms with van der Waals surface area (Å²) in [5.74, 6) is -1.27. The zero-order chi connectivity index (χ0) is 20.3. The summed E-state index contributed by atoms with van der Waals surface area (Å²) in [5.41, 5.74) is 1.15. The Kier molecular flexibility index (Phi) is 6.43. The first-order valence-corrected chi connectivity index (χ1v) is 9.97. The third kappa shape index (κ3) is 4.76. The molecule has 0 radical (unpaired) electrons. The minimum absolute atomic E-state index is 0.0720. The molecule has 0 saturated carbocycles. The van der Waals surface area contributed by atoms with E-state index < -0.39 is 23.7 Å². The predicted octanol–water partition coefficient (Wildman–Crippen LogP) is 4.80. The van der Waals surface area contributed by atoms with E-state index in [2.05, 4.69) is 15.9 Å². The molecule has 0 spiro atoms. The molecule has 9 heteroatoms. The number of carboxylic acids is 1. The molecule has 2 amide bonds. The number of benzene rings is 2. The highest BCUT2D eigenvalue weighted by molar-refractivity contribution is 9.10. The quantitative estimate of drug-likeness (QED) is 0.595. The maximum absolute atomic E-state index is 12.7. The molecule has 2 aromatic rings. The number of amides is 2. The van der Waals surface area contributed by atoms with Crippen LogP contribution in [-0.4, -0.2) is 33.7 Å². The molecule has 3 rings (SSSR count). The van der Waals surface area contributed by atoms with Crippen molar-refractivity contribution in [3.63, 3.8) is 0 Å². The highest BCUT2D eigenvalue weighted by atomic mass is 79.9. The number of halogens is 2. The van der Waals surface area contributed by atoms with E-state index in [4.69, 9.17) is 21.4 Å². The van der Waals surface area contributed by atoms with Gasteiger partial charge in [-0.2, -0.15) is 0 Å². The summed E-state index contributed by atoms with van der Waals surface area (Å²) in [5, 5.41) is 8.88. The minimum atomic E-state index is -1.12. The molecule has 0 aliphatic carbocycles. The first-order chi connectivity index (χ1) is 13.3. The van der Waals surface area contributed by atoms with Crippen LogP contribution in [0, 0.1) is 0 Å². The Labute approximate surface area is 178 Å². The van der Waals surface area contributed by atoms with Gasteiger partial charge in [0.2, 0.25) is 0 Å². The van der Waals surface area contributed by atoms with E-state index in [-0.39, 0.29) is 11.4 Å². The van der Waals surface area contributed by atoms with Crippen LogP contribution in [0.3, 0.4) is 0 Å². The van der Waals surface area contributed by atoms with Crippen molar-refractivity contribution in [3.8, 4) is 5.75 Å². The van der Waals surface area contributed by atoms with Crippen LogP contribution in [0.5, 0.6) is 5.75 Å². The number of hydrogen-bond donors (Lipinski definition) is 1. The van der Waals surface area contributed by atoms with Gasteiger partial charge in [0.1, 0.15) is 5.75 Å². The van der Waals surface area contributed by atoms with Gasteiger partial charge in [0.15, 0.2) is 6.61 Å². The van der Waals surface area contributed by atoms with Crippen LogP contribution >= 0.6 is 39.3 Å². The molecule has 1 aliphatic rings. The summed E-state index contributed by atoms with van der Waals surface area (Å²) in [6, 6.07) is 12.0. The first kappa shape index (κ1) is 20.4. The molecule has 28 heavy (non-hydrogen) atoms. The summed E-state index contributed by atoms with van der Waals surface area (Å²) < 4.78 is 5.98. The van der Waals surface area contributed by atoms with Gasteiger partial charge in [0.25, 0.3) is 11.1 Å². The fraction of sp³-hybridized carbons (Fsp3) is 0.105. The van der Waals surface area contributed by atoms with Crippen molar-refractivity contribution >= 4 is 62.5 Å². The number of nitrogens with zero attached hydrogens (tertiary/aromatic N) is 1. The maximum atomic E-state index is 12.7. The average Bonchev–Trinajstić information content (AvgIpc) is 2.90. The standard InChI is InChI=1S/C19H13BrClNO5S/c20-13-5-6-15(27-10-17(23)24)12(7-13)8-16-18(25)22(19(26)28-16)9-11-3-1-2-4-14(11)21/h1-8H,9-10H2,(H,23,24)/b16-8-. The second-order valence-electron chi connectivity index (χ2n) is 5.72. The van der Waals surface area contributed by atoms with E-state index in [9.17, 15) is 14.4 Å². The summed E-state index contributed by atoms with van der Waals surface area (Å²) in [7, 11) is 0. The minimum Gasteiger partial charge on any atom is -0.481 e. The summed E-state index contributed by atoms with van der Waals surface area (Å²) >= 11 is 10.3. The van der Waals surface area contributed by atoms with Gasteiger partial charge in [0, 0.05) is 15.1 Å². The molecule has 1 N–H and O–H groups in total. The SMILES string of the molecule is O=C(O)COc1ccc(Br)cc1/C=C1\SC(=O)N(Cc2ccccc2Cl)C1=O. The van der Waals surface area contributed by atoms with Crippen molar-refractivity contribution in [2.75, 3.05) is 6.61 Å². The molecule has 0 unspecified atom stereocenters. The molecular formula is C19H13BrClNO5S. The predicted molar refractivity (Wildman–Crippen MR) is 110 cm³/mol. The van der Waals surface area contributed by atoms with E-state index in [0.717, 1.165) is 21.1 Å². The molecule has 0 bridgehead atoms. The monoisotopic (exact) mass is 481 g/mol. The van der Waals surface area contributed by atoms with Crippen LogP contribution < -0.4 is 4.74 Å².